The molecule has 0 saturated heterocycles. The molecule has 0 saturated carbocycles. The van der Waals surface area contributed by atoms with Crippen molar-refractivity contribution in [3.8, 4) is 0 Å². The van der Waals surface area contributed by atoms with E-state index in [4.69, 9.17) is 17.3 Å². The Morgan fingerprint density at radius 1 is 1.19 bits per heavy atom. The second-order valence-corrected chi connectivity index (χ2v) is 5.01. The Morgan fingerprint density at radius 2 is 1.90 bits per heavy atom. The number of carbonyl (C=O) groups excluding carboxylic acids is 1. The number of nitrogens with two attached hydrogens (primary N) is 1. The number of aliphatic imine (C=N–C) groups is 1. The number of allylic oxidation sites excluding steroid dienone is 1. The van der Waals surface area contributed by atoms with Crippen molar-refractivity contribution in [2.45, 2.75) is 0 Å². The first-order valence-electron chi connectivity index (χ1n) is 6.21. The SMILES string of the molecule is NC(=CC1=NC(=O)c2cccc(F)c21)c1ccc(Cl)cc1. The van der Waals surface area contributed by atoms with E-state index in [-0.39, 0.29) is 16.8 Å². The molecule has 0 atom stereocenters. The molecule has 0 radical (unpaired) electrons. The second-order valence-electron chi connectivity index (χ2n) is 4.57. The normalized spacial score (nSPS) is 14.1. The lowest BCUT2D eigenvalue weighted by Crippen LogP contribution is -2.04. The average Bonchev–Trinajstić information content (AvgIpc) is 2.77. The zero-order valence-corrected chi connectivity index (χ0v) is 11.6. The summed E-state index contributed by atoms with van der Waals surface area (Å²) in [4.78, 5) is 15.6. The molecule has 0 spiro atoms. The van der Waals surface area contributed by atoms with Gasteiger partial charge in [0.15, 0.2) is 0 Å². The van der Waals surface area contributed by atoms with E-state index in [1.165, 1.54) is 18.2 Å². The van der Waals surface area contributed by atoms with Crippen LogP contribution in [0.1, 0.15) is 21.5 Å². The van der Waals surface area contributed by atoms with E-state index in [1.807, 2.05) is 0 Å². The molecule has 1 aliphatic heterocycles. The van der Waals surface area contributed by atoms with E-state index in [2.05, 4.69) is 4.99 Å². The summed E-state index contributed by atoms with van der Waals surface area (Å²) in [6.45, 7) is 0. The van der Waals surface area contributed by atoms with Gasteiger partial charge in [-0.2, -0.15) is 0 Å². The van der Waals surface area contributed by atoms with Gasteiger partial charge in [-0.1, -0.05) is 29.8 Å². The first-order valence-corrected chi connectivity index (χ1v) is 6.59. The van der Waals surface area contributed by atoms with Gasteiger partial charge in [0, 0.05) is 16.3 Å². The van der Waals surface area contributed by atoms with Gasteiger partial charge in [0.05, 0.1) is 11.3 Å². The molecule has 2 aromatic carbocycles. The van der Waals surface area contributed by atoms with Crippen LogP contribution in [0.3, 0.4) is 0 Å². The summed E-state index contributed by atoms with van der Waals surface area (Å²) in [5, 5.41) is 0.594. The molecule has 0 fully saturated rings. The van der Waals surface area contributed by atoms with Crippen molar-refractivity contribution >= 4 is 28.9 Å². The monoisotopic (exact) mass is 300 g/mol. The summed E-state index contributed by atoms with van der Waals surface area (Å²) < 4.78 is 13.9. The Hall–Kier alpha value is -2.46. The highest BCUT2D eigenvalue weighted by Crippen LogP contribution is 2.24. The fourth-order valence-corrected chi connectivity index (χ4v) is 2.29. The van der Waals surface area contributed by atoms with Gasteiger partial charge in [-0.25, -0.2) is 9.38 Å². The number of fused-ring (bicyclic) bond motifs is 1. The number of nitrogens with zero attached hydrogens (tertiary/aromatic N) is 1. The summed E-state index contributed by atoms with van der Waals surface area (Å²) in [7, 11) is 0. The van der Waals surface area contributed by atoms with Gasteiger partial charge >= 0.3 is 0 Å². The highest BCUT2D eigenvalue weighted by molar-refractivity contribution is 6.30. The molecular formula is C16H10ClFN2O. The Morgan fingerprint density at radius 3 is 2.62 bits per heavy atom. The minimum absolute atomic E-state index is 0.194. The Bertz CT molecular complexity index is 794. The summed E-state index contributed by atoms with van der Waals surface area (Å²) in [5.41, 5.74) is 7.77. The van der Waals surface area contributed by atoms with Crippen LogP contribution in [0.2, 0.25) is 5.02 Å². The third-order valence-electron chi connectivity index (χ3n) is 3.19. The van der Waals surface area contributed by atoms with Crippen molar-refractivity contribution in [2.24, 2.45) is 10.7 Å². The van der Waals surface area contributed by atoms with Crippen LogP contribution in [0.25, 0.3) is 5.70 Å². The summed E-state index contributed by atoms with van der Waals surface area (Å²) in [6.07, 6.45) is 1.50. The Labute approximate surface area is 125 Å². The minimum atomic E-state index is -0.489. The topological polar surface area (TPSA) is 55.4 Å². The van der Waals surface area contributed by atoms with Gasteiger partial charge in [0.2, 0.25) is 0 Å². The van der Waals surface area contributed by atoms with Crippen LogP contribution in [-0.2, 0) is 0 Å². The third kappa shape index (κ3) is 2.45. The lowest BCUT2D eigenvalue weighted by molar-refractivity contribution is 0.101. The molecule has 2 N–H and O–H groups in total. The molecule has 1 aliphatic rings. The molecule has 3 nitrogen and oxygen atoms in total. The largest absolute Gasteiger partial charge is 0.398 e. The first kappa shape index (κ1) is 13.5. The van der Waals surface area contributed by atoms with Gasteiger partial charge in [-0.15, -0.1) is 0 Å². The average molecular weight is 301 g/mol. The van der Waals surface area contributed by atoms with E-state index >= 15 is 0 Å². The van der Waals surface area contributed by atoms with Gasteiger partial charge < -0.3 is 5.73 Å². The van der Waals surface area contributed by atoms with E-state index in [0.29, 0.717) is 10.7 Å². The van der Waals surface area contributed by atoms with Crippen molar-refractivity contribution in [1.29, 1.82) is 0 Å². The van der Waals surface area contributed by atoms with E-state index in [0.717, 1.165) is 5.56 Å². The maximum absolute atomic E-state index is 13.9. The Kier molecular flexibility index (Phi) is 3.31. The molecule has 0 aliphatic carbocycles. The molecular weight excluding hydrogens is 291 g/mol. The van der Waals surface area contributed by atoms with Crippen LogP contribution < -0.4 is 5.73 Å². The van der Waals surface area contributed by atoms with Crippen LogP contribution in [0.15, 0.2) is 53.5 Å². The lowest BCUT2D eigenvalue weighted by atomic mass is 10.0. The van der Waals surface area contributed by atoms with E-state index < -0.39 is 11.7 Å². The van der Waals surface area contributed by atoms with Gasteiger partial charge in [-0.05, 0) is 35.9 Å². The number of amides is 1. The molecule has 0 bridgehead atoms. The zero-order chi connectivity index (χ0) is 15.0. The number of hydrogen-bond acceptors (Lipinski definition) is 2. The fourth-order valence-electron chi connectivity index (χ4n) is 2.17. The van der Waals surface area contributed by atoms with Crippen LogP contribution in [-0.4, -0.2) is 11.6 Å². The summed E-state index contributed by atoms with van der Waals surface area (Å²) in [5.74, 6) is -0.947. The smallest absolute Gasteiger partial charge is 0.278 e. The molecule has 21 heavy (non-hydrogen) atoms. The predicted molar refractivity (Wildman–Crippen MR) is 80.9 cm³/mol. The molecule has 0 unspecified atom stereocenters. The van der Waals surface area contributed by atoms with Gasteiger partial charge in [-0.3, -0.25) is 4.79 Å². The highest BCUT2D eigenvalue weighted by atomic mass is 35.5. The Balaban J connectivity index is 2.04. The van der Waals surface area contributed by atoms with E-state index in [1.54, 1.807) is 30.3 Å². The van der Waals surface area contributed by atoms with Crippen molar-refractivity contribution in [2.75, 3.05) is 0 Å². The standard InChI is InChI=1S/C16H10ClFN2O/c17-10-6-4-9(5-7-10)13(19)8-14-15-11(16(21)20-14)2-1-3-12(15)18/h1-8H,19H2. The number of halogens is 2. The zero-order valence-electron chi connectivity index (χ0n) is 10.8. The molecule has 1 amide bonds. The van der Waals surface area contributed by atoms with Gasteiger partial charge in [0.1, 0.15) is 5.82 Å². The van der Waals surface area contributed by atoms with Crippen LogP contribution in [0.4, 0.5) is 4.39 Å². The van der Waals surface area contributed by atoms with Crippen LogP contribution in [0, 0.1) is 5.82 Å². The van der Waals surface area contributed by atoms with Crippen LogP contribution >= 0.6 is 11.6 Å². The van der Waals surface area contributed by atoms with Crippen LogP contribution in [0.5, 0.6) is 0 Å². The summed E-state index contributed by atoms with van der Waals surface area (Å²) in [6, 6.07) is 11.2. The number of carbonyl (C=O) groups is 1. The lowest BCUT2D eigenvalue weighted by Gasteiger charge is -2.04. The summed E-state index contributed by atoms with van der Waals surface area (Å²) >= 11 is 5.82. The maximum Gasteiger partial charge on any atom is 0.278 e. The highest BCUT2D eigenvalue weighted by Gasteiger charge is 2.25. The van der Waals surface area contributed by atoms with Crippen molar-refractivity contribution in [3.63, 3.8) is 0 Å². The molecule has 5 heteroatoms. The maximum atomic E-state index is 13.9. The molecule has 2 aromatic rings. The van der Waals surface area contributed by atoms with Crippen molar-refractivity contribution < 1.29 is 9.18 Å². The quantitative estimate of drug-likeness (QED) is 0.924. The minimum Gasteiger partial charge on any atom is -0.398 e. The van der Waals surface area contributed by atoms with Crippen molar-refractivity contribution in [1.82, 2.24) is 0 Å². The third-order valence-corrected chi connectivity index (χ3v) is 3.44. The predicted octanol–water partition coefficient (Wildman–Crippen LogP) is 3.42. The van der Waals surface area contributed by atoms with Crippen molar-refractivity contribution in [3.05, 3.63) is 76.1 Å². The van der Waals surface area contributed by atoms with E-state index in [9.17, 15) is 9.18 Å². The number of rotatable bonds is 2. The second kappa shape index (κ2) is 5.14. The first-order chi connectivity index (χ1) is 10.1. The molecule has 0 aromatic heterocycles. The molecule has 3 rings (SSSR count). The molecule has 1 heterocycles. The number of hydrogen-bond donors (Lipinski definition) is 1. The number of benzene rings is 2. The van der Waals surface area contributed by atoms with Gasteiger partial charge in [0.25, 0.3) is 5.91 Å². The fraction of sp³-hybridized carbons (Fsp3) is 0. The molecule has 104 valence electrons.